The molecule has 1 N–H and O–H groups in total. The molecule has 0 amide bonds. The van der Waals surface area contributed by atoms with Crippen LogP contribution in [-0.4, -0.2) is 56.8 Å². The van der Waals surface area contributed by atoms with Crippen molar-refractivity contribution < 1.29 is 9.84 Å². The Morgan fingerprint density at radius 1 is 1.20 bits per heavy atom. The molecule has 1 aromatic carbocycles. The Kier molecular flexibility index (Phi) is 4.19. The maximum absolute atomic E-state index is 12.8. The fourth-order valence-electron chi connectivity index (χ4n) is 3.46. The van der Waals surface area contributed by atoms with E-state index in [0.717, 1.165) is 43.9 Å². The lowest BCUT2D eigenvalue weighted by atomic mass is 10.2. The summed E-state index contributed by atoms with van der Waals surface area (Å²) in [4.78, 5) is 19.7. The Balaban J connectivity index is 1.85. The molecule has 4 rings (SSSR count). The summed E-state index contributed by atoms with van der Waals surface area (Å²) in [5.41, 5.74) is 1.77. The monoisotopic (exact) mass is 342 g/mol. The second-order valence-corrected chi connectivity index (χ2v) is 6.30. The van der Waals surface area contributed by atoms with E-state index in [1.807, 2.05) is 31.2 Å². The van der Waals surface area contributed by atoms with E-state index in [0.29, 0.717) is 24.3 Å². The summed E-state index contributed by atoms with van der Waals surface area (Å²) in [5, 5.41) is 10.7. The van der Waals surface area contributed by atoms with Gasteiger partial charge >= 0.3 is 0 Å². The molecule has 1 aliphatic heterocycles. The van der Waals surface area contributed by atoms with Crippen LogP contribution in [0.5, 0.6) is 5.88 Å². The molecule has 132 valence electrons. The van der Waals surface area contributed by atoms with Crippen LogP contribution in [0.2, 0.25) is 0 Å². The van der Waals surface area contributed by atoms with Gasteiger partial charge in [-0.3, -0.25) is 14.3 Å². The van der Waals surface area contributed by atoms with Crippen LogP contribution < -0.4 is 5.56 Å². The first-order valence-electron chi connectivity index (χ1n) is 8.72. The Bertz CT molecular complexity index is 970. The molecular weight excluding hydrogens is 320 g/mol. The lowest BCUT2D eigenvalue weighted by Crippen LogP contribution is -2.38. The molecule has 0 aliphatic carbocycles. The van der Waals surface area contributed by atoms with Gasteiger partial charge in [0.25, 0.3) is 5.56 Å². The number of nitrogens with zero attached hydrogens (tertiary/aromatic N) is 4. The maximum atomic E-state index is 12.8. The van der Waals surface area contributed by atoms with Gasteiger partial charge in [0.15, 0.2) is 0 Å². The zero-order valence-corrected chi connectivity index (χ0v) is 14.3. The Morgan fingerprint density at radius 3 is 2.72 bits per heavy atom. The number of morpholine rings is 1. The molecule has 0 unspecified atom stereocenters. The molecule has 3 heterocycles. The second kappa shape index (κ2) is 6.50. The van der Waals surface area contributed by atoms with Gasteiger partial charge in [-0.25, -0.2) is 9.38 Å². The molecular formula is C18H22N4O3. The SMILES string of the molecule is CCc1c(O)n(CCN2CCOCC2)c2nc3ccccc3n2c1=O. The van der Waals surface area contributed by atoms with Gasteiger partial charge in [0.2, 0.25) is 11.7 Å². The molecule has 0 saturated carbocycles. The highest BCUT2D eigenvalue weighted by molar-refractivity contribution is 5.79. The van der Waals surface area contributed by atoms with Crippen LogP contribution in [-0.2, 0) is 17.7 Å². The highest BCUT2D eigenvalue weighted by Crippen LogP contribution is 2.21. The fraction of sp³-hybridized carbons (Fsp3) is 0.444. The van der Waals surface area contributed by atoms with Crippen molar-refractivity contribution in [3.63, 3.8) is 0 Å². The first kappa shape index (κ1) is 16.1. The Labute approximate surface area is 145 Å². The van der Waals surface area contributed by atoms with Crippen molar-refractivity contribution in [2.75, 3.05) is 32.8 Å². The predicted molar refractivity (Wildman–Crippen MR) is 95.3 cm³/mol. The quantitative estimate of drug-likeness (QED) is 0.773. The van der Waals surface area contributed by atoms with Crippen LogP contribution >= 0.6 is 0 Å². The Hall–Kier alpha value is -2.38. The first-order valence-corrected chi connectivity index (χ1v) is 8.72. The number of hydrogen-bond donors (Lipinski definition) is 1. The van der Waals surface area contributed by atoms with Gasteiger partial charge in [-0.05, 0) is 18.6 Å². The summed E-state index contributed by atoms with van der Waals surface area (Å²) in [5.74, 6) is 0.526. The van der Waals surface area contributed by atoms with E-state index >= 15 is 0 Å². The van der Waals surface area contributed by atoms with E-state index in [-0.39, 0.29) is 11.4 Å². The molecule has 2 aromatic heterocycles. The van der Waals surface area contributed by atoms with Gasteiger partial charge in [0.1, 0.15) is 0 Å². The summed E-state index contributed by atoms with van der Waals surface area (Å²) < 4.78 is 8.76. The minimum absolute atomic E-state index is 0.0311. The number of rotatable bonds is 4. The van der Waals surface area contributed by atoms with Gasteiger partial charge in [-0.15, -0.1) is 0 Å². The number of ether oxygens (including phenoxy) is 1. The number of aromatic hydroxyl groups is 1. The van der Waals surface area contributed by atoms with Gasteiger partial charge in [0.05, 0.1) is 29.8 Å². The van der Waals surface area contributed by atoms with Crippen molar-refractivity contribution in [1.29, 1.82) is 0 Å². The smallest absolute Gasteiger partial charge is 0.266 e. The van der Waals surface area contributed by atoms with Crippen molar-refractivity contribution >= 4 is 16.8 Å². The molecule has 0 spiro atoms. The van der Waals surface area contributed by atoms with Crippen LogP contribution in [0.4, 0.5) is 0 Å². The maximum Gasteiger partial charge on any atom is 0.266 e. The summed E-state index contributed by atoms with van der Waals surface area (Å²) in [6.07, 6.45) is 0.477. The van der Waals surface area contributed by atoms with Gasteiger partial charge in [0, 0.05) is 26.2 Å². The molecule has 1 fully saturated rings. The van der Waals surface area contributed by atoms with Crippen LogP contribution in [0.3, 0.4) is 0 Å². The van der Waals surface area contributed by atoms with E-state index < -0.39 is 0 Å². The van der Waals surface area contributed by atoms with E-state index in [2.05, 4.69) is 9.88 Å². The first-order chi connectivity index (χ1) is 12.2. The number of imidazole rings is 1. The minimum Gasteiger partial charge on any atom is -0.494 e. The van der Waals surface area contributed by atoms with Crippen molar-refractivity contribution in [3.05, 3.63) is 40.2 Å². The number of fused-ring (bicyclic) bond motifs is 3. The predicted octanol–water partition coefficient (Wildman–Crippen LogP) is 1.25. The number of para-hydroxylation sites is 2. The molecule has 7 nitrogen and oxygen atoms in total. The lowest BCUT2D eigenvalue weighted by molar-refractivity contribution is 0.0362. The minimum atomic E-state index is -0.189. The molecule has 1 saturated heterocycles. The topological polar surface area (TPSA) is 72.0 Å². The summed E-state index contributed by atoms with van der Waals surface area (Å²) in [6.45, 7) is 6.47. The lowest BCUT2D eigenvalue weighted by Gasteiger charge is -2.27. The zero-order chi connectivity index (χ0) is 17.4. The van der Waals surface area contributed by atoms with Crippen LogP contribution in [0.1, 0.15) is 12.5 Å². The molecule has 7 heteroatoms. The van der Waals surface area contributed by atoms with E-state index in [1.165, 1.54) is 0 Å². The third-order valence-electron chi connectivity index (χ3n) is 4.87. The van der Waals surface area contributed by atoms with E-state index in [1.54, 1.807) is 8.97 Å². The van der Waals surface area contributed by atoms with Crippen molar-refractivity contribution in [1.82, 2.24) is 18.9 Å². The summed E-state index contributed by atoms with van der Waals surface area (Å²) in [6, 6.07) is 7.57. The van der Waals surface area contributed by atoms with E-state index in [9.17, 15) is 9.90 Å². The average Bonchev–Trinajstić information content (AvgIpc) is 3.02. The Morgan fingerprint density at radius 2 is 1.96 bits per heavy atom. The standard InChI is InChI=1S/C18H22N4O3/c1-2-13-16(23)21(8-7-20-9-11-25-12-10-20)18-19-14-5-3-4-6-15(14)22(18)17(13)24/h3-6,23H,2,7-12H2,1H3. The zero-order valence-electron chi connectivity index (χ0n) is 14.3. The van der Waals surface area contributed by atoms with Gasteiger partial charge in [-0.1, -0.05) is 19.1 Å². The third kappa shape index (κ3) is 2.69. The van der Waals surface area contributed by atoms with Crippen LogP contribution in [0.25, 0.3) is 16.8 Å². The van der Waals surface area contributed by atoms with Crippen molar-refractivity contribution in [3.8, 4) is 5.88 Å². The second-order valence-electron chi connectivity index (χ2n) is 6.30. The third-order valence-corrected chi connectivity index (χ3v) is 4.87. The summed E-state index contributed by atoms with van der Waals surface area (Å²) >= 11 is 0. The molecule has 25 heavy (non-hydrogen) atoms. The van der Waals surface area contributed by atoms with Crippen molar-refractivity contribution in [2.45, 2.75) is 19.9 Å². The average molecular weight is 342 g/mol. The summed E-state index contributed by atoms with van der Waals surface area (Å²) in [7, 11) is 0. The molecule has 1 aliphatic rings. The van der Waals surface area contributed by atoms with E-state index in [4.69, 9.17) is 4.74 Å². The highest BCUT2D eigenvalue weighted by Gasteiger charge is 2.20. The number of aromatic nitrogens is 3. The molecule has 0 bridgehead atoms. The van der Waals surface area contributed by atoms with Gasteiger partial charge in [-0.2, -0.15) is 0 Å². The van der Waals surface area contributed by atoms with Gasteiger partial charge < -0.3 is 9.84 Å². The molecule has 0 radical (unpaired) electrons. The number of benzene rings is 1. The molecule has 3 aromatic rings. The highest BCUT2D eigenvalue weighted by atomic mass is 16.5. The molecule has 0 atom stereocenters. The van der Waals surface area contributed by atoms with Crippen LogP contribution in [0.15, 0.2) is 29.1 Å². The number of hydrogen-bond acceptors (Lipinski definition) is 5. The van der Waals surface area contributed by atoms with Crippen molar-refractivity contribution in [2.24, 2.45) is 0 Å². The largest absolute Gasteiger partial charge is 0.494 e. The fourth-order valence-corrected chi connectivity index (χ4v) is 3.46. The normalized spacial score (nSPS) is 16.0. The van der Waals surface area contributed by atoms with Crippen LogP contribution in [0, 0.1) is 0 Å².